The van der Waals surface area contributed by atoms with Gasteiger partial charge < -0.3 is 23.7 Å². The minimum absolute atomic E-state index is 0.285. The van der Waals surface area contributed by atoms with E-state index in [2.05, 4.69) is 16.0 Å². The molecule has 0 saturated carbocycles. The van der Waals surface area contributed by atoms with Crippen molar-refractivity contribution in [2.24, 2.45) is 7.05 Å². The number of methoxy groups -OCH3 is 1. The molecule has 0 bridgehead atoms. The molecule has 1 unspecified atom stereocenters. The molecular formula is C21H24N6O3S. The number of hydrogen-bond donors (Lipinski definition) is 0. The van der Waals surface area contributed by atoms with Gasteiger partial charge in [-0.25, -0.2) is 15.0 Å². The molecule has 4 rings (SSSR count). The Morgan fingerprint density at radius 2 is 2.23 bits per heavy atom. The van der Waals surface area contributed by atoms with Crippen molar-refractivity contribution in [3.63, 3.8) is 0 Å². The standard InChI is InChI=1S/C21H24N6O3S/c1-4-29-17-11-27(7-8-30-17)20-18-19(26(2)13-23-18)24-21(25-20)31-12-14-5-6-16(28-3)15(9-14)10-22/h5-6,9,13,17H,4,7-8,11-12H2,1-3H3. The largest absolute Gasteiger partial charge is 0.495 e. The van der Waals surface area contributed by atoms with Crippen molar-refractivity contribution in [1.82, 2.24) is 19.5 Å². The number of aryl methyl sites for hydroxylation is 1. The van der Waals surface area contributed by atoms with E-state index in [1.807, 2.05) is 36.7 Å². The van der Waals surface area contributed by atoms with Gasteiger partial charge in [0, 0.05) is 26.0 Å². The molecular weight excluding hydrogens is 416 g/mol. The van der Waals surface area contributed by atoms with E-state index in [9.17, 15) is 5.26 Å². The molecule has 1 fully saturated rings. The first kappa shape index (κ1) is 21.4. The lowest BCUT2D eigenvalue weighted by atomic mass is 10.1. The van der Waals surface area contributed by atoms with Gasteiger partial charge in [-0.15, -0.1) is 0 Å². The molecule has 3 heterocycles. The molecule has 0 N–H and O–H groups in total. The third kappa shape index (κ3) is 4.58. The average molecular weight is 441 g/mol. The zero-order valence-electron chi connectivity index (χ0n) is 17.7. The van der Waals surface area contributed by atoms with Gasteiger partial charge in [0.15, 0.2) is 28.4 Å². The van der Waals surface area contributed by atoms with Gasteiger partial charge in [0.05, 0.1) is 32.2 Å². The Bertz CT molecular complexity index is 1110. The summed E-state index contributed by atoms with van der Waals surface area (Å²) in [5.74, 6) is 1.99. The molecule has 1 aromatic carbocycles. The number of aromatic nitrogens is 4. The van der Waals surface area contributed by atoms with Crippen LogP contribution in [-0.4, -0.2) is 59.2 Å². The first-order valence-electron chi connectivity index (χ1n) is 10.00. The molecule has 9 nitrogen and oxygen atoms in total. The summed E-state index contributed by atoms with van der Waals surface area (Å²) in [5.41, 5.74) is 3.06. The molecule has 2 aromatic heterocycles. The predicted molar refractivity (Wildman–Crippen MR) is 117 cm³/mol. The monoisotopic (exact) mass is 440 g/mol. The predicted octanol–water partition coefficient (Wildman–Crippen LogP) is 2.74. The maximum absolute atomic E-state index is 9.33. The Morgan fingerprint density at radius 3 is 3.00 bits per heavy atom. The van der Waals surface area contributed by atoms with E-state index in [1.165, 1.54) is 11.8 Å². The Balaban J connectivity index is 1.60. The van der Waals surface area contributed by atoms with Crippen LogP contribution >= 0.6 is 11.8 Å². The molecule has 3 aromatic rings. The maximum atomic E-state index is 9.33. The molecule has 0 aliphatic carbocycles. The molecule has 1 saturated heterocycles. The number of thioether (sulfide) groups is 1. The van der Waals surface area contributed by atoms with Crippen LogP contribution in [0.4, 0.5) is 5.82 Å². The summed E-state index contributed by atoms with van der Waals surface area (Å²) in [6.45, 7) is 4.41. The first-order valence-corrected chi connectivity index (χ1v) is 11.0. The van der Waals surface area contributed by atoms with Crippen LogP contribution in [0.25, 0.3) is 11.2 Å². The Labute approximate surface area is 185 Å². The second kappa shape index (κ2) is 9.51. The number of benzene rings is 1. The summed E-state index contributed by atoms with van der Waals surface area (Å²) >= 11 is 1.52. The Kier molecular flexibility index (Phi) is 6.56. The van der Waals surface area contributed by atoms with Crippen molar-refractivity contribution in [2.75, 3.05) is 38.3 Å². The number of morpholine rings is 1. The highest BCUT2D eigenvalue weighted by atomic mass is 32.2. The topological polar surface area (TPSA) is 98.3 Å². The normalized spacial score (nSPS) is 16.5. The van der Waals surface area contributed by atoms with Crippen LogP contribution in [0, 0.1) is 11.3 Å². The van der Waals surface area contributed by atoms with Crippen LogP contribution in [0.3, 0.4) is 0 Å². The van der Waals surface area contributed by atoms with E-state index in [-0.39, 0.29) is 6.29 Å². The third-order valence-corrected chi connectivity index (χ3v) is 5.88. The minimum Gasteiger partial charge on any atom is -0.495 e. The number of nitriles is 1. The van der Waals surface area contributed by atoms with E-state index in [4.69, 9.17) is 24.2 Å². The molecule has 0 radical (unpaired) electrons. The second-order valence-corrected chi connectivity index (χ2v) is 7.94. The van der Waals surface area contributed by atoms with Crippen molar-refractivity contribution >= 4 is 28.7 Å². The van der Waals surface area contributed by atoms with Gasteiger partial charge in [-0.1, -0.05) is 17.8 Å². The number of ether oxygens (including phenoxy) is 3. The van der Waals surface area contributed by atoms with E-state index in [1.54, 1.807) is 13.4 Å². The summed E-state index contributed by atoms with van der Waals surface area (Å²) in [6.07, 6.45) is 1.47. The van der Waals surface area contributed by atoms with Crippen molar-refractivity contribution in [1.29, 1.82) is 5.26 Å². The fourth-order valence-corrected chi connectivity index (χ4v) is 4.21. The zero-order chi connectivity index (χ0) is 21.8. The second-order valence-electron chi connectivity index (χ2n) is 6.99. The lowest BCUT2D eigenvalue weighted by Crippen LogP contribution is -2.44. The minimum atomic E-state index is -0.285. The SMILES string of the molecule is CCOC1CN(c2nc(SCc3ccc(OC)c(C#N)c3)nc3c2ncn3C)CCO1. The quantitative estimate of drug-likeness (QED) is 0.406. The molecule has 0 spiro atoms. The highest BCUT2D eigenvalue weighted by Gasteiger charge is 2.25. The van der Waals surface area contributed by atoms with Crippen LogP contribution in [0.2, 0.25) is 0 Å². The lowest BCUT2D eigenvalue weighted by Gasteiger charge is -2.33. The summed E-state index contributed by atoms with van der Waals surface area (Å²) in [4.78, 5) is 16.2. The number of rotatable bonds is 7. The van der Waals surface area contributed by atoms with Crippen molar-refractivity contribution in [2.45, 2.75) is 24.1 Å². The number of hydrogen-bond acceptors (Lipinski definition) is 9. The zero-order valence-corrected chi connectivity index (χ0v) is 18.6. The first-order chi connectivity index (χ1) is 15.1. The van der Waals surface area contributed by atoms with E-state index in [0.717, 1.165) is 22.5 Å². The van der Waals surface area contributed by atoms with Gasteiger partial charge in [-0.05, 0) is 24.6 Å². The van der Waals surface area contributed by atoms with Gasteiger partial charge in [0.2, 0.25) is 0 Å². The molecule has 1 atom stereocenters. The fraction of sp³-hybridized carbons (Fsp3) is 0.429. The van der Waals surface area contributed by atoms with Crippen molar-refractivity contribution in [3.8, 4) is 11.8 Å². The highest BCUT2D eigenvalue weighted by Crippen LogP contribution is 2.30. The smallest absolute Gasteiger partial charge is 0.191 e. The molecule has 31 heavy (non-hydrogen) atoms. The van der Waals surface area contributed by atoms with Crippen LogP contribution in [0.15, 0.2) is 29.7 Å². The van der Waals surface area contributed by atoms with Gasteiger partial charge >= 0.3 is 0 Å². The fourth-order valence-electron chi connectivity index (χ4n) is 3.44. The van der Waals surface area contributed by atoms with Gasteiger partial charge in [-0.2, -0.15) is 5.26 Å². The molecule has 1 aliphatic heterocycles. The lowest BCUT2D eigenvalue weighted by molar-refractivity contribution is -0.143. The molecule has 10 heteroatoms. The molecule has 162 valence electrons. The van der Waals surface area contributed by atoms with E-state index >= 15 is 0 Å². The average Bonchev–Trinajstić information content (AvgIpc) is 3.18. The summed E-state index contributed by atoms with van der Waals surface area (Å²) in [5, 5.41) is 9.98. The molecule has 1 aliphatic rings. The number of nitrogens with zero attached hydrogens (tertiary/aromatic N) is 6. The number of fused-ring (bicyclic) bond motifs is 1. The third-order valence-electron chi connectivity index (χ3n) is 4.96. The van der Waals surface area contributed by atoms with Crippen LogP contribution < -0.4 is 9.64 Å². The number of anilines is 1. The van der Waals surface area contributed by atoms with E-state index in [0.29, 0.717) is 48.5 Å². The van der Waals surface area contributed by atoms with E-state index < -0.39 is 0 Å². The van der Waals surface area contributed by atoms with Crippen molar-refractivity contribution in [3.05, 3.63) is 35.7 Å². The van der Waals surface area contributed by atoms with Gasteiger partial charge in [-0.3, -0.25) is 0 Å². The Hall–Kier alpha value is -2.87. The number of imidazole rings is 1. The summed E-state index contributed by atoms with van der Waals surface area (Å²) < 4.78 is 18.5. The van der Waals surface area contributed by atoms with Crippen molar-refractivity contribution < 1.29 is 14.2 Å². The van der Waals surface area contributed by atoms with Crippen LogP contribution in [0.5, 0.6) is 5.75 Å². The van der Waals surface area contributed by atoms with Crippen LogP contribution in [0.1, 0.15) is 18.1 Å². The summed E-state index contributed by atoms with van der Waals surface area (Å²) in [7, 11) is 3.48. The van der Waals surface area contributed by atoms with Gasteiger partial charge in [0.1, 0.15) is 11.8 Å². The van der Waals surface area contributed by atoms with Gasteiger partial charge in [0.25, 0.3) is 0 Å². The maximum Gasteiger partial charge on any atom is 0.191 e. The highest BCUT2D eigenvalue weighted by molar-refractivity contribution is 7.98. The Morgan fingerprint density at radius 1 is 1.35 bits per heavy atom. The molecule has 0 amide bonds. The summed E-state index contributed by atoms with van der Waals surface area (Å²) in [6, 6.07) is 7.77. The van der Waals surface area contributed by atoms with Crippen LogP contribution in [-0.2, 0) is 22.3 Å².